The van der Waals surface area contributed by atoms with Gasteiger partial charge in [-0.1, -0.05) is 30.3 Å². The van der Waals surface area contributed by atoms with Crippen LogP contribution in [0.15, 0.2) is 42.6 Å². The highest BCUT2D eigenvalue weighted by Gasteiger charge is 2.31. The van der Waals surface area contributed by atoms with Gasteiger partial charge in [0, 0.05) is 19.3 Å². The molecule has 5 nitrogen and oxygen atoms in total. The number of hydrogen-bond donors (Lipinski definition) is 3. The molecule has 1 unspecified atom stereocenters. The van der Waals surface area contributed by atoms with Crippen molar-refractivity contribution in [2.75, 3.05) is 19.6 Å². The molecule has 1 aliphatic heterocycles. The van der Waals surface area contributed by atoms with E-state index in [9.17, 15) is 9.90 Å². The second-order valence-corrected chi connectivity index (χ2v) is 6.02. The molecule has 2 heterocycles. The van der Waals surface area contributed by atoms with E-state index in [2.05, 4.69) is 15.6 Å². The number of hydrogen-bond acceptors (Lipinski definition) is 4. The average Bonchev–Trinajstić information content (AvgIpc) is 3.00. The second kappa shape index (κ2) is 6.48. The predicted molar refractivity (Wildman–Crippen MR) is 89.2 cm³/mol. The molecular weight excluding hydrogens is 290 g/mol. The Hall–Kier alpha value is -2.24. The number of nitrogens with zero attached hydrogens (tertiary/aromatic N) is 1. The van der Waals surface area contributed by atoms with E-state index in [-0.39, 0.29) is 12.5 Å². The zero-order chi connectivity index (χ0) is 16.3. The Morgan fingerprint density at radius 3 is 2.83 bits per heavy atom. The number of carbonyl (C=O) groups is 1. The lowest BCUT2D eigenvalue weighted by atomic mass is 9.98. The van der Waals surface area contributed by atoms with Crippen molar-refractivity contribution in [2.45, 2.75) is 18.9 Å². The molecule has 0 bridgehead atoms. The summed E-state index contributed by atoms with van der Waals surface area (Å²) in [5.41, 5.74) is 2.21. The van der Waals surface area contributed by atoms with Crippen molar-refractivity contribution in [1.82, 2.24) is 15.6 Å². The van der Waals surface area contributed by atoms with Crippen LogP contribution in [0.2, 0.25) is 0 Å². The van der Waals surface area contributed by atoms with Crippen LogP contribution in [0.25, 0.3) is 11.1 Å². The fourth-order valence-corrected chi connectivity index (χ4v) is 2.93. The fourth-order valence-electron chi connectivity index (χ4n) is 2.93. The maximum atomic E-state index is 12.7. The molecule has 1 aliphatic rings. The van der Waals surface area contributed by atoms with Gasteiger partial charge in [0.1, 0.15) is 0 Å². The largest absolute Gasteiger partial charge is 0.387 e. The number of aryl methyl sites for hydroxylation is 1. The summed E-state index contributed by atoms with van der Waals surface area (Å²) in [4.78, 5) is 16.9. The number of amides is 1. The highest BCUT2D eigenvalue weighted by molar-refractivity contribution is 6.01. The number of rotatable bonds is 4. The Morgan fingerprint density at radius 2 is 2.13 bits per heavy atom. The minimum atomic E-state index is -0.862. The number of β-amino-alcohol motifs (C(OH)–C–C–N with tert-alkyl or cyclic N) is 1. The maximum Gasteiger partial charge on any atom is 0.253 e. The monoisotopic (exact) mass is 311 g/mol. The van der Waals surface area contributed by atoms with Gasteiger partial charge in [0.2, 0.25) is 0 Å². The molecule has 0 aliphatic carbocycles. The molecule has 0 saturated carbocycles. The summed E-state index contributed by atoms with van der Waals surface area (Å²) in [6.45, 7) is 3.34. The zero-order valence-corrected chi connectivity index (χ0v) is 13.2. The van der Waals surface area contributed by atoms with Gasteiger partial charge in [-0.25, -0.2) is 0 Å². The third-order valence-corrected chi connectivity index (χ3v) is 4.25. The molecule has 1 fully saturated rings. The summed E-state index contributed by atoms with van der Waals surface area (Å²) >= 11 is 0. The van der Waals surface area contributed by atoms with Gasteiger partial charge in [0.25, 0.3) is 5.91 Å². The quantitative estimate of drug-likeness (QED) is 0.800. The van der Waals surface area contributed by atoms with Crippen LogP contribution in [0.4, 0.5) is 0 Å². The Morgan fingerprint density at radius 1 is 1.35 bits per heavy atom. The standard InChI is InChI=1S/C18H21N3O2/c1-13-16(17(22)21-12-18(23)8-10-19-11-18)15(7-9-20-13)14-5-3-2-4-6-14/h2-7,9,19,23H,8,10-12H2,1H3,(H,21,22). The van der Waals surface area contributed by atoms with Gasteiger partial charge in [0.15, 0.2) is 0 Å². The van der Waals surface area contributed by atoms with Crippen molar-refractivity contribution in [3.05, 3.63) is 53.9 Å². The molecule has 3 rings (SSSR count). The van der Waals surface area contributed by atoms with Gasteiger partial charge >= 0.3 is 0 Å². The number of nitrogens with one attached hydrogen (secondary N) is 2. The molecule has 2 aromatic rings. The van der Waals surface area contributed by atoms with Gasteiger partial charge in [-0.3, -0.25) is 9.78 Å². The van der Waals surface area contributed by atoms with Crippen molar-refractivity contribution in [3.63, 3.8) is 0 Å². The summed E-state index contributed by atoms with van der Waals surface area (Å²) in [5, 5.41) is 16.3. The van der Waals surface area contributed by atoms with Crippen LogP contribution >= 0.6 is 0 Å². The number of aromatic nitrogens is 1. The van der Waals surface area contributed by atoms with Crippen molar-refractivity contribution in [1.29, 1.82) is 0 Å². The summed E-state index contributed by atoms with van der Waals surface area (Å²) in [6, 6.07) is 11.6. The van der Waals surface area contributed by atoms with Crippen LogP contribution in [0.5, 0.6) is 0 Å². The number of carbonyl (C=O) groups excluding carboxylic acids is 1. The highest BCUT2D eigenvalue weighted by atomic mass is 16.3. The highest BCUT2D eigenvalue weighted by Crippen LogP contribution is 2.25. The van der Waals surface area contributed by atoms with E-state index in [1.54, 1.807) is 6.20 Å². The van der Waals surface area contributed by atoms with E-state index in [1.807, 2.05) is 43.3 Å². The number of pyridine rings is 1. The molecule has 3 N–H and O–H groups in total. The van der Waals surface area contributed by atoms with Crippen molar-refractivity contribution in [3.8, 4) is 11.1 Å². The molecule has 0 spiro atoms. The average molecular weight is 311 g/mol. The van der Waals surface area contributed by atoms with E-state index in [0.717, 1.165) is 17.7 Å². The Labute approximate surface area is 135 Å². The SMILES string of the molecule is Cc1nccc(-c2ccccc2)c1C(=O)NCC1(O)CCNC1. The summed E-state index contributed by atoms with van der Waals surface area (Å²) < 4.78 is 0. The van der Waals surface area contributed by atoms with Crippen LogP contribution in [0.1, 0.15) is 22.5 Å². The smallest absolute Gasteiger partial charge is 0.253 e. The van der Waals surface area contributed by atoms with Crippen LogP contribution in [-0.2, 0) is 0 Å². The van der Waals surface area contributed by atoms with Gasteiger partial charge < -0.3 is 15.7 Å². The van der Waals surface area contributed by atoms with Crippen LogP contribution < -0.4 is 10.6 Å². The van der Waals surface area contributed by atoms with E-state index >= 15 is 0 Å². The first-order chi connectivity index (χ1) is 11.1. The van der Waals surface area contributed by atoms with Gasteiger partial charge in [-0.2, -0.15) is 0 Å². The van der Waals surface area contributed by atoms with Gasteiger partial charge in [0.05, 0.1) is 16.9 Å². The minimum Gasteiger partial charge on any atom is -0.387 e. The minimum absolute atomic E-state index is 0.199. The van der Waals surface area contributed by atoms with Gasteiger partial charge in [-0.05, 0) is 37.1 Å². The third kappa shape index (κ3) is 3.41. The molecule has 5 heteroatoms. The van der Waals surface area contributed by atoms with Crippen molar-refractivity contribution < 1.29 is 9.90 Å². The third-order valence-electron chi connectivity index (χ3n) is 4.25. The van der Waals surface area contributed by atoms with Crippen LogP contribution in [0.3, 0.4) is 0 Å². The molecule has 1 aromatic carbocycles. The first-order valence-corrected chi connectivity index (χ1v) is 7.81. The first kappa shape index (κ1) is 15.6. The lowest BCUT2D eigenvalue weighted by molar-refractivity contribution is 0.0561. The van der Waals surface area contributed by atoms with E-state index in [1.165, 1.54) is 0 Å². The molecule has 1 aromatic heterocycles. The van der Waals surface area contributed by atoms with Crippen LogP contribution in [0, 0.1) is 6.92 Å². The molecule has 1 saturated heterocycles. The zero-order valence-electron chi connectivity index (χ0n) is 13.2. The van der Waals surface area contributed by atoms with Crippen molar-refractivity contribution >= 4 is 5.91 Å². The summed E-state index contributed by atoms with van der Waals surface area (Å²) in [7, 11) is 0. The normalized spacial score (nSPS) is 20.4. The van der Waals surface area contributed by atoms with Crippen LogP contribution in [-0.4, -0.2) is 41.2 Å². The van der Waals surface area contributed by atoms with E-state index < -0.39 is 5.60 Å². The molecule has 1 atom stereocenters. The second-order valence-electron chi connectivity index (χ2n) is 6.02. The lowest BCUT2D eigenvalue weighted by Crippen LogP contribution is -2.44. The lowest BCUT2D eigenvalue weighted by Gasteiger charge is -2.22. The molecule has 0 radical (unpaired) electrons. The van der Waals surface area contributed by atoms with E-state index in [0.29, 0.717) is 24.2 Å². The predicted octanol–water partition coefficient (Wildman–Crippen LogP) is 1.51. The van der Waals surface area contributed by atoms with Gasteiger partial charge in [-0.15, -0.1) is 0 Å². The maximum absolute atomic E-state index is 12.7. The summed E-state index contributed by atoms with van der Waals surface area (Å²) in [6.07, 6.45) is 2.35. The fraction of sp³-hybridized carbons (Fsp3) is 0.333. The topological polar surface area (TPSA) is 74.2 Å². The molecular formula is C18H21N3O2. The Kier molecular flexibility index (Phi) is 4.41. The molecule has 23 heavy (non-hydrogen) atoms. The Balaban J connectivity index is 1.85. The Bertz CT molecular complexity index is 695. The molecule has 120 valence electrons. The van der Waals surface area contributed by atoms with E-state index in [4.69, 9.17) is 0 Å². The first-order valence-electron chi connectivity index (χ1n) is 7.81. The number of aliphatic hydroxyl groups is 1. The van der Waals surface area contributed by atoms with Crippen molar-refractivity contribution in [2.24, 2.45) is 0 Å². The number of benzene rings is 1. The molecule has 1 amide bonds. The summed E-state index contributed by atoms with van der Waals surface area (Å²) in [5.74, 6) is -0.199.